The molecule has 26 heavy (non-hydrogen) atoms. The van der Waals surface area contributed by atoms with Crippen molar-refractivity contribution >= 4 is 5.69 Å². The number of alkyl halides is 3. The summed E-state index contributed by atoms with van der Waals surface area (Å²) in [5, 5.41) is 10.7. The zero-order valence-corrected chi connectivity index (χ0v) is 13.5. The van der Waals surface area contributed by atoms with E-state index in [0.29, 0.717) is 5.56 Å². The minimum absolute atomic E-state index is 0.124. The van der Waals surface area contributed by atoms with Crippen molar-refractivity contribution in [2.75, 3.05) is 0 Å². The third-order valence-electron chi connectivity index (χ3n) is 3.72. The van der Waals surface area contributed by atoms with Gasteiger partial charge in [-0.1, -0.05) is 23.8 Å². The standard InChI is InChI=1S/C18H12F3N3O2/c1-11-3-2-4-13(9-11)17-22-10-15(18(19,20)21)16(23-17)12-5-7-14(8-6-12)24(25)26/h2-10H,1H3. The monoisotopic (exact) mass is 359 g/mol. The zero-order valence-electron chi connectivity index (χ0n) is 13.5. The average molecular weight is 359 g/mol. The van der Waals surface area contributed by atoms with Gasteiger partial charge in [-0.05, 0) is 25.1 Å². The maximum absolute atomic E-state index is 13.4. The molecule has 0 saturated carbocycles. The van der Waals surface area contributed by atoms with E-state index in [9.17, 15) is 23.3 Å². The van der Waals surface area contributed by atoms with Gasteiger partial charge in [-0.2, -0.15) is 13.2 Å². The van der Waals surface area contributed by atoms with E-state index in [1.165, 1.54) is 12.1 Å². The number of hydrogen-bond acceptors (Lipinski definition) is 4. The molecule has 0 bridgehead atoms. The Morgan fingerprint density at radius 2 is 1.73 bits per heavy atom. The lowest BCUT2D eigenvalue weighted by Crippen LogP contribution is -2.10. The predicted molar refractivity (Wildman–Crippen MR) is 89.3 cm³/mol. The van der Waals surface area contributed by atoms with Crippen LogP contribution < -0.4 is 0 Å². The molecule has 0 saturated heterocycles. The van der Waals surface area contributed by atoms with E-state index in [1.807, 2.05) is 13.0 Å². The normalized spacial score (nSPS) is 11.4. The number of nitrogens with zero attached hydrogens (tertiary/aromatic N) is 3. The number of halogens is 3. The molecule has 0 radical (unpaired) electrons. The lowest BCUT2D eigenvalue weighted by Gasteiger charge is -2.13. The van der Waals surface area contributed by atoms with Gasteiger partial charge in [0.25, 0.3) is 5.69 Å². The minimum atomic E-state index is -4.65. The van der Waals surface area contributed by atoms with E-state index >= 15 is 0 Å². The van der Waals surface area contributed by atoms with Crippen molar-refractivity contribution in [2.24, 2.45) is 0 Å². The summed E-state index contributed by atoms with van der Waals surface area (Å²) in [5.74, 6) is 0.148. The number of non-ortho nitro benzene ring substituents is 1. The molecule has 0 N–H and O–H groups in total. The molecule has 0 aliphatic heterocycles. The molecule has 1 aromatic heterocycles. The largest absolute Gasteiger partial charge is 0.419 e. The first-order chi connectivity index (χ1) is 12.3. The van der Waals surface area contributed by atoms with Crippen LogP contribution in [0.25, 0.3) is 22.6 Å². The number of benzene rings is 2. The van der Waals surface area contributed by atoms with Gasteiger partial charge < -0.3 is 0 Å². The topological polar surface area (TPSA) is 68.9 Å². The molecule has 132 valence electrons. The smallest absolute Gasteiger partial charge is 0.258 e. The molecule has 0 aliphatic rings. The molecule has 5 nitrogen and oxygen atoms in total. The molecule has 0 aliphatic carbocycles. The Morgan fingerprint density at radius 1 is 1.04 bits per heavy atom. The molecule has 0 amide bonds. The molecular weight excluding hydrogens is 347 g/mol. The van der Waals surface area contributed by atoms with E-state index in [0.717, 1.165) is 23.9 Å². The maximum atomic E-state index is 13.4. The molecule has 0 atom stereocenters. The number of hydrogen-bond donors (Lipinski definition) is 0. The lowest BCUT2D eigenvalue weighted by molar-refractivity contribution is -0.384. The van der Waals surface area contributed by atoms with Gasteiger partial charge in [0.2, 0.25) is 0 Å². The molecule has 0 fully saturated rings. The average Bonchev–Trinajstić information content (AvgIpc) is 2.60. The first-order valence-corrected chi connectivity index (χ1v) is 7.52. The first kappa shape index (κ1) is 17.5. The Hall–Kier alpha value is -3.29. The third-order valence-corrected chi connectivity index (χ3v) is 3.72. The molecular formula is C18H12F3N3O2. The Balaban J connectivity index is 2.17. The second-order valence-corrected chi connectivity index (χ2v) is 5.63. The van der Waals surface area contributed by atoms with Crippen LogP contribution in [0.5, 0.6) is 0 Å². The van der Waals surface area contributed by atoms with Crippen molar-refractivity contribution in [3.8, 4) is 22.6 Å². The summed E-state index contributed by atoms with van der Waals surface area (Å²) < 4.78 is 40.1. The van der Waals surface area contributed by atoms with Gasteiger partial charge >= 0.3 is 6.18 Å². The van der Waals surface area contributed by atoms with Gasteiger partial charge in [0.15, 0.2) is 5.82 Å². The van der Waals surface area contributed by atoms with Gasteiger partial charge in [0.05, 0.1) is 10.6 Å². The van der Waals surface area contributed by atoms with Crippen molar-refractivity contribution in [3.63, 3.8) is 0 Å². The summed E-state index contributed by atoms with van der Waals surface area (Å²) in [5.41, 5.74) is 0.0981. The van der Waals surface area contributed by atoms with Crippen molar-refractivity contribution in [1.82, 2.24) is 9.97 Å². The summed E-state index contributed by atoms with van der Waals surface area (Å²) in [4.78, 5) is 18.1. The van der Waals surface area contributed by atoms with Crippen LogP contribution in [0.1, 0.15) is 11.1 Å². The van der Waals surface area contributed by atoms with Crippen LogP contribution in [-0.2, 0) is 6.18 Å². The summed E-state index contributed by atoms with van der Waals surface area (Å²) in [6, 6.07) is 11.9. The second-order valence-electron chi connectivity index (χ2n) is 5.63. The summed E-state index contributed by atoms with van der Waals surface area (Å²) >= 11 is 0. The van der Waals surface area contributed by atoms with E-state index in [4.69, 9.17) is 0 Å². The highest BCUT2D eigenvalue weighted by atomic mass is 19.4. The third kappa shape index (κ3) is 3.53. The quantitative estimate of drug-likeness (QED) is 0.485. The van der Waals surface area contributed by atoms with Gasteiger partial charge in [-0.25, -0.2) is 9.97 Å². The van der Waals surface area contributed by atoms with Crippen LogP contribution in [-0.4, -0.2) is 14.9 Å². The Labute approximate surface area is 146 Å². The Bertz CT molecular complexity index is 970. The SMILES string of the molecule is Cc1cccc(-c2ncc(C(F)(F)F)c(-c3ccc([N+](=O)[O-])cc3)n2)c1. The van der Waals surface area contributed by atoms with E-state index < -0.39 is 16.7 Å². The Kier molecular flexibility index (Phi) is 4.41. The van der Waals surface area contributed by atoms with Crippen molar-refractivity contribution in [2.45, 2.75) is 13.1 Å². The number of aromatic nitrogens is 2. The lowest BCUT2D eigenvalue weighted by atomic mass is 10.1. The zero-order chi connectivity index (χ0) is 18.9. The molecule has 1 heterocycles. The highest BCUT2D eigenvalue weighted by molar-refractivity contribution is 5.68. The predicted octanol–water partition coefficient (Wildman–Crippen LogP) is 5.05. The fourth-order valence-corrected chi connectivity index (χ4v) is 2.47. The molecule has 2 aromatic carbocycles. The fraction of sp³-hybridized carbons (Fsp3) is 0.111. The number of aryl methyl sites for hydroxylation is 1. The van der Waals surface area contributed by atoms with Crippen molar-refractivity contribution in [1.29, 1.82) is 0 Å². The highest BCUT2D eigenvalue weighted by Gasteiger charge is 2.35. The van der Waals surface area contributed by atoms with Gasteiger partial charge in [0, 0.05) is 29.5 Å². The number of nitro benzene ring substituents is 1. The second kappa shape index (κ2) is 6.55. The van der Waals surface area contributed by atoms with Gasteiger partial charge in [-0.3, -0.25) is 10.1 Å². The fourth-order valence-electron chi connectivity index (χ4n) is 2.47. The molecule has 0 unspecified atom stereocenters. The van der Waals surface area contributed by atoms with Gasteiger partial charge in [0.1, 0.15) is 5.56 Å². The van der Waals surface area contributed by atoms with Crippen molar-refractivity contribution in [3.05, 3.63) is 76.0 Å². The van der Waals surface area contributed by atoms with Gasteiger partial charge in [-0.15, -0.1) is 0 Å². The van der Waals surface area contributed by atoms with E-state index in [1.54, 1.807) is 18.2 Å². The van der Waals surface area contributed by atoms with E-state index in [2.05, 4.69) is 9.97 Å². The molecule has 3 aromatic rings. The van der Waals surface area contributed by atoms with Crippen LogP contribution in [0.3, 0.4) is 0 Å². The Morgan fingerprint density at radius 3 is 2.31 bits per heavy atom. The van der Waals surface area contributed by atoms with Crippen LogP contribution in [0, 0.1) is 17.0 Å². The summed E-state index contributed by atoms with van der Waals surface area (Å²) in [7, 11) is 0. The van der Waals surface area contributed by atoms with Crippen LogP contribution >= 0.6 is 0 Å². The minimum Gasteiger partial charge on any atom is -0.258 e. The number of nitro groups is 1. The summed E-state index contributed by atoms with van der Waals surface area (Å²) in [6.07, 6.45) is -3.91. The van der Waals surface area contributed by atoms with E-state index in [-0.39, 0.29) is 22.8 Å². The van der Waals surface area contributed by atoms with Crippen molar-refractivity contribution < 1.29 is 18.1 Å². The molecule has 8 heteroatoms. The molecule has 3 rings (SSSR count). The first-order valence-electron chi connectivity index (χ1n) is 7.52. The van der Waals surface area contributed by atoms with Crippen LogP contribution in [0.2, 0.25) is 0 Å². The number of rotatable bonds is 3. The maximum Gasteiger partial charge on any atom is 0.419 e. The highest BCUT2D eigenvalue weighted by Crippen LogP contribution is 2.37. The summed E-state index contributed by atoms with van der Waals surface area (Å²) in [6.45, 7) is 1.85. The molecule has 0 spiro atoms. The van der Waals surface area contributed by atoms with Crippen LogP contribution in [0.4, 0.5) is 18.9 Å². The van der Waals surface area contributed by atoms with Crippen LogP contribution in [0.15, 0.2) is 54.7 Å².